The summed E-state index contributed by atoms with van der Waals surface area (Å²) in [5.74, 6) is -0.586. The molecule has 0 spiro atoms. The van der Waals surface area contributed by atoms with Crippen molar-refractivity contribution < 1.29 is 32.2 Å². The number of benzene rings is 3. The summed E-state index contributed by atoms with van der Waals surface area (Å²) < 4.78 is 59.5. The molecule has 3 aromatic carbocycles. The van der Waals surface area contributed by atoms with Gasteiger partial charge in [0.05, 0.1) is 5.56 Å². The fourth-order valence-electron chi connectivity index (χ4n) is 4.97. The number of fused-ring (bicyclic) bond motifs is 1. The predicted octanol–water partition coefficient (Wildman–Crippen LogP) is 7.56. The highest BCUT2D eigenvalue weighted by Crippen LogP contribution is 2.50. The van der Waals surface area contributed by atoms with Crippen molar-refractivity contribution in [2.24, 2.45) is 0 Å². The summed E-state index contributed by atoms with van der Waals surface area (Å²) >= 11 is 0. The average Bonchev–Trinajstić information content (AvgIpc) is 2.81. The zero-order chi connectivity index (χ0) is 26.4. The van der Waals surface area contributed by atoms with Gasteiger partial charge in [-0.15, -0.1) is 0 Å². The third-order valence-corrected chi connectivity index (χ3v) is 6.62. The molecule has 0 radical (unpaired) electrons. The molecule has 3 aromatic rings. The Hall–Kier alpha value is -3.19. The van der Waals surface area contributed by atoms with Crippen LogP contribution in [0.4, 0.5) is 17.6 Å². The summed E-state index contributed by atoms with van der Waals surface area (Å²) in [7, 11) is 0. The van der Waals surface area contributed by atoms with Gasteiger partial charge in [-0.05, 0) is 77.9 Å². The smallest absolute Gasteiger partial charge is 0.416 e. The summed E-state index contributed by atoms with van der Waals surface area (Å²) in [5, 5.41) is 11.6. The first kappa shape index (κ1) is 25.9. The number of carbonyl (C=O) groups excluding carboxylic acids is 1. The van der Waals surface area contributed by atoms with Crippen LogP contribution >= 0.6 is 0 Å². The molecule has 36 heavy (non-hydrogen) atoms. The number of halogens is 4. The molecule has 2 unspecified atom stereocenters. The fraction of sp³-hybridized carbons (Fsp3) is 0.345. The molecule has 1 N–H and O–H groups in total. The first-order chi connectivity index (χ1) is 16.8. The molecule has 1 heterocycles. The summed E-state index contributed by atoms with van der Waals surface area (Å²) in [5.41, 5.74) is 1.73. The van der Waals surface area contributed by atoms with E-state index in [2.05, 4.69) is 0 Å². The van der Waals surface area contributed by atoms with Crippen LogP contribution < -0.4 is 4.74 Å². The van der Waals surface area contributed by atoms with Gasteiger partial charge in [-0.2, -0.15) is 13.2 Å². The molecule has 190 valence electrons. The number of aliphatic hydroxyl groups is 1. The molecular formula is C29H28F4O3. The molecule has 0 bridgehead atoms. The zero-order valence-corrected chi connectivity index (χ0v) is 20.5. The van der Waals surface area contributed by atoms with Gasteiger partial charge in [0.1, 0.15) is 29.6 Å². The maximum Gasteiger partial charge on any atom is 0.416 e. The highest BCUT2D eigenvalue weighted by atomic mass is 19.4. The first-order valence-corrected chi connectivity index (χ1v) is 11.8. The molecule has 3 nitrogen and oxygen atoms in total. The maximum absolute atomic E-state index is 13.8. The number of carbonyl (C=O) groups is 1. The van der Waals surface area contributed by atoms with Crippen LogP contribution in [0.2, 0.25) is 0 Å². The van der Waals surface area contributed by atoms with Crippen LogP contribution in [-0.4, -0.2) is 17.0 Å². The van der Waals surface area contributed by atoms with Gasteiger partial charge >= 0.3 is 6.18 Å². The Labute approximate surface area is 207 Å². The Kier molecular flexibility index (Phi) is 6.73. The molecule has 0 saturated carbocycles. The second-order valence-electron chi connectivity index (χ2n) is 10.2. The molecule has 4 rings (SSSR count). The second-order valence-corrected chi connectivity index (χ2v) is 10.2. The van der Waals surface area contributed by atoms with E-state index in [-0.39, 0.29) is 11.5 Å². The van der Waals surface area contributed by atoms with E-state index in [4.69, 9.17) is 4.74 Å². The van der Waals surface area contributed by atoms with Gasteiger partial charge in [0.2, 0.25) is 0 Å². The molecule has 0 aliphatic carbocycles. The van der Waals surface area contributed by atoms with Crippen LogP contribution in [0.1, 0.15) is 79.9 Å². The summed E-state index contributed by atoms with van der Waals surface area (Å²) in [6.45, 7) is 7.66. The Morgan fingerprint density at radius 2 is 1.67 bits per heavy atom. The van der Waals surface area contributed by atoms with Crippen molar-refractivity contribution >= 4 is 6.29 Å². The maximum atomic E-state index is 13.8. The van der Waals surface area contributed by atoms with Crippen molar-refractivity contribution in [3.63, 3.8) is 0 Å². The highest BCUT2D eigenvalue weighted by Gasteiger charge is 2.39. The lowest BCUT2D eigenvalue weighted by Crippen LogP contribution is -2.36. The van der Waals surface area contributed by atoms with Crippen molar-refractivity contribution in [3.8, 4) is 16.9 Å². The van der Waals surface area contributed by atoms with E-state index in [1.807, 2.05) is 33.8 Å². The average molecular weight is 501 g/mol. The third kappa shape index (κ3) is 4.89. The Morgan fingerprint density at radius 3 is 2.19 bits per heavy atom. The molecule has 1 aliphatic rings. The lowest BCUT2D eigenvalue weighted by atomic mass is 9.75. The highest BCUT2D eigenvalue weighted by molar-refractivity contribution is 5.82. The van der Waals surface area contributed by atoms with Gasteiger partial charge in [-0.25, -0.2) is 4.39 Å². The first-order valence-electron chi connectivity index (χ1n) is 11.8. The number of rotatable bonds is 5. The number of hydrogen-bond acceptors (Lipinski definition) is 3. The van der Waals surface area contributed by atoms with E-state index in [1.165, 1.54) is 24.3 Å². The van der Waals surface area contributed by atoms with Gasteiger partial charge in [0, 0.05) is 17.9 Å². The topological polar surface area (TPSA) is 46.5 Å². The summed E-state index contributed by atoms with van der Waals surface area (Å²) in [6, 6.07) is 11.9. The van der Waals surface area contributed by atoms with Crippen LogP contribution in [-0.2, 0) is 11.0 Å². The minimum atomic E-state index is -4.50. The molecule has 0 saturated heterocycles. The van der Waals surface area contributed by atoms with E-state index in [0.29, 0.717) is 34.4 Å². The van der Waals surface area contributed by atoms with E-state index >= 15 is 0 Å². The van der Waals surface area contributed by atoms with E-state index in [1.54, 1.807) is 12.1 Å². The molecular weight excluding hydrogens is 472 g/mol. The van der Waals surface area contributed by atoms with Crippen LogP contribution in [0, 0.1) is 5.82 Å². The summed E-state index contributed by atoms with van der Waals surface area (Å²) in [4.78, 5) is 12.3. The Balaban J connectivity index is 2.03. The van der Waals surface area contributed by atoms with Crippen molar-refractivity contribution in [2.45, 2.75) is 63.8 Å². The molecule has 7 heteroatoms. The fourth-order valence-corrected chi connectivity index (χ4v) is 4.97. The van der Waals surface area contributed by atoms with Gasteiger partial charge in [0.15, 0.2) is 0 Å². The number of aldehydes is 1. The van der Waals surface area contributed by atoms with Gasteiger partial charge < -0.3 is 14.6 Å². The van der Waals surface area contributed by atoms with E-state index in [9.17, 15) is 27.5 Å². The third-order valence-electron chi connectivity index (χ3n) is 6.62. The molecule has 0 aromatic heterocycles. The quantitative estimate of drug-likeness (QED) is 0.290. The minimum Gasteiger partial charge on any atom is -0.487 e. The molecule has 2 atom stereocenters. The molecule has 0 amide bonds. The van der Waals surface area contributed by atoms with Crippen molar-refractivity contribution in [1.29, 1.82) is 0 Å². The van der Waals surface area contributed by atoms with Crippen LogP contribution in [0.3, 0.4) is 0 Å². The zero-order valence-electron chi connectivity index (χ0n) is 20.5. The number of aliphatic hydroxyl groups excluding tert-OH is 1. The van der Waals surface area contributed by atoms with Crippen molar-refractivity contribution in [1.82, 2.24) is 0 Å². The van der Waals surface area contributed by atoms with E-state index < -0.39 is 35.2 Å². The second kappa shape index (κ2) is 9.36. The van der Waals surface area contributed by atoms with E-state index in [0.717, 1.165) is 24.0 Å². The molecule has 1 aliphatic heterocycles. The van der Waals surface area contributed by atoms with Gasteiger partial charge in [-0.3, -0.25) is 0 Å². The number of hydrogen-bond donors (Lipinski definition) is 1. The van der Waals surface area contributed by atoms with Gasteiger partial charge in [0.25, 0.3) is 0 Å². The van der Waals surface area contributed by atoms with Crippen LogP contribution in [0.15, 0.2) is 54.6 Å². The largest absolute Gasteiger partial charge is 0.487 e. The molecule has 0 fully saturated rings. The monoisotopic (exact) mass is 500 g/mol. The SMILES string of the molecule is CC(C)c1cc2c(c(-c3ccc(F)cc3)c1C(O)c1ccc(C(F)(F)F)cc1)C(C=O)CC(C)(C)O2. The van der Waals surface area contributed by atoms with Gasteiger partial charge in [-0.1, -0.05) is 38.1 Å². The lowest BCUT2D eigenvalue weighted by Gasteiger charge is -2.39. The Bertz CT molecular complexity index is 1260. The van der Waals surface area contributed by atoms with Crippen molar-refractivity contribution in [3.05, 3.63) is 88.2 Å². The lowest BCUT2D eigenvalue weighted by molar-refractivity contribution is -0.137. The summed E-state index contributed by atoms with van der Waals surface area (Å²) in [6.07, 6.45) is -4.55. The normalized spacial score (nSPS) is 17.9. The number of alkyl halides is 3. The minimum absolute atomic E-state index is 0.100. The standard InChI is InChI=1S/C29H28F4O3/c1-16(2)22-13-23-24(19(15-34)14-28(3,4)36-23)25(17-7-11-21(30)12-8-17)26(22)27(35)18-5-9-20(10-6-18)29(31,32)33/h5-13,15-16,19,27,35H,14H2,1-4H3. The predicted molar refractivity (Wildman–Crippen MR) is 130 cm³/mol. The van der Waals surface area contributed by atoms with Crippen LogP contribution in [0.25, 0.3) is 11.1 Å². The van der Waals surface area contributed by atoms with Crippen molar-refractivity contribution in [2.75, 3.05) is 0 Å². The Morgan fingerprint density at radius 1 is 1.06 bits per heavy atom. The van der Waals surface area contributed by atoms with Crippen LogP contribution in [0.5, 0.6) is 5.75 Å². The number of ether oxygens (including phenoxy) is 1.